The summed E-state index contributed by atoms with van der Waals surface area (Å²) in [6.45, 7) is 2.19. The monoisotopic (exact) mass is 207 g/mol. The molecule has 0 aliphatic heterocycles. The van der Waals surface area contributed by atoms with Gasteiger partial charge in [-0.3, -0.25) is 0 Å². The highest BCUT2D eigenvalue weighted by molar-refractivity contribution is 5.34. The van der Waals surface area contributed by atoms with Crippen molar-refractivity contribution in [1.29, 1.82) is 0 Å². The Morgan fingerprint density at radius 1 is 1.53 bits per heavy atom. The molecule has 1 fully saturated rings. The Bertz CT molecular complexity index is 329. The van der Waals surface area contributed by atoms with E-state index in [4.69, 9.17) is 5.11 Å². The van der Waals surface area contributed by atoms with Gasteiger partial charge in [0, 0.05) is 18.8 Å². The normalized spacial score (nSPS) is 25.5. The van der Waals surface area contributed by atoms with Gasteiger partial charge in [-0.15, -0.1) is 0 Å². The van der Waals surface area contributed by atoms with Gasteiger partial charge < -0.3 is 10.4 Å². The van der Waals surface area contributed by atoms with Crippen molar-refractivity contribution in [2.75, 3.05) is 11.9 Å². The smallest absolute Gasteiger partial charge is 0.129 e. The molecular formula is C11H17N3O. The Balaban J connectivity index is 1.92. The van der Waals surface area contributed by atoms with Crippen LogP contribution in [0.1, 0.15) is 25.1 Å². The number of rotatable bonds is 3. The van der Waals surface area contributed by atoms with Gasteiger partial charge in [-0.25, -0.2) is 9.97 Å². The van der Waals surface area contributed by atoms with E-state index >= 15 is 0 Å². The van der Waals surface area contributed by atoms with Crippen molar-refractivity contribution in [1.82, 2.24) is 9.97 Å². The summed E-state index contributed by atoms with van der Waals surface area (Å²) < 4.78 is 0. The van der Waals surface area contributed by atoms with Crippen molar-refractivity contribution in [2.45, 2.75) is 32.2 Å². The summed E-state index contributed by atoms with van der Waals surface area (Å²) in [6, 6.07) is 2.34. The second-order valence-electron chi connectivity index (χ2n) is 4.19. The van der Waals surface area contributed by atoms with Crippen LogP contribution in [0, 0.1) is 12.8 Å². The SMILES string of the molecule is Cc1nccc(N[C@H]2CCC(CO)C2)n1. The molecule has 1 unspecified atom stereocenters. The lowest BCUT2D eigenvalue weighted by Gasteiger charge is -2.13. The van der Waals surface area contributed by atoms with Gasteiger partial charge in [0.15, 0.2) is 0 Å². The van der Waals surface area contributed by atoms with Crippen molar-refractivity contribution >= 4 is 5.82 Å². The first-order chi connectivity index (χ1) is 7.28. The highest BCUT2D eigenvalue weighted by Gasteiger charge is 2.23. The van der Waals surface area contributed by atoms with Gasteiger partial charge in [0.2, 0.25) is 0 Å². The third-order valence-corrected chi connectivity index (χ3v) is 2.93. The molecule has 0 bridgehead atoms. The molecular weight excluding hydrogens is 190 g/mol. The first-order valence-electron chi connectivity index (χ1n) is 5.45. The zero-order valence-corrected chi connectivity index (χ0v) is 8.98. The van der Waals surface area contributed by atoms with E-state index in [1.165, 1.54) is 0 Å². The number of aliphatic hydroxyl groups excluding tert-OH is 1. The van der Waals surface area contributed by atoms with Crippen LogP contribution >= 0.6 is 0 Å². The third-order valence-electron chi connectivity index (χ3n) is 2.93. The number of aliphatic hydroxyl groups is 1. The van der Waals surface area contributed by atoms with Crippen LogP contribution in [-0.4, -0.2) is 27.7 Å². The largest absolute Gasteiger partial charge is 0.396 e. The fourth-order valence-corrected chi connectivity index (χ4v) is 2.12. The van der Waals surface area contributed by atoms with Crippen LogP contribution < -0.4 is 5.32 Å². The second kappa shape index (κ2) is 4.57. The van der Waals surface area contributed by atoms with Crippen LogP contribution in [0.2, 0.25) is 0 Å². The van der Waals surface area contributed by atoms with Crippen LogP contribution in [-0.2, 0) is 0 Å². The number of aryl methyl sites for hydroxylation is 1. The summed E-state index contributed by atoms with van der Waals surface area (Å²) in [4.78, 5) is 8.36. The average molecular weight is 207 g/mol. The van der Waals surface area contributed by atoms with Crippen LogP contribution in [0.3, 0.4) is 0 Å². The van der Waals surface area contributed by atoms with Crippen LogP contribution in [0.4, 0.5) is 5.82 Å². The number of hydrogen-bond acceptors (Lipinski definition) is 4. The summed E-state index contributed by atoms with van der Waals surface area (Å²) >= 11 is 0. The molecule has 4 heteroatoms. The molecule has 82 valence electrons. The molecule has 0 aromatic carbocycles. The third kappa shape index (κ3) is 2.65. The Hall–Kier alpha value is -1.16. The molecule has 0 saturated heterocycles. The summed E-state index contributed by atoms with van der Waals surface area (Å²) in [5.41, 5.74) is 0. The molecule has 1 heterocycles. The van der Waals surface area contributed by atoms with Crippen molar-refractivity contribution in [3.8, 4) is 0 Å². The molecule has 2 N–H and O–H groups in total. The van der Waals surface area contributed by atoms with Gasteiger partial charge >= 0.3 is 0 Å². The van der Waals surface area contributed by atoms with E-state index in [0.717, 1.165) is 30.9 Å². The van der Waals surface area contributed by atoms with Crippen LogP contribution in [0.5, 0.6) is 0 Å². The maximum absolute atomic E-state index is 9.04. The Morgan fingerprint density at radius 3 is 3.07 bits per heavy atom. The van der Waals surface area contributed by atoms with Gasteiger partial charge in [0.1, 0.15) is 11.6 Å². The zero-order chi connectivity index (χ0) is 10.7. The van der Waals surface area contributed by atoms with Crippen molar-refractivity contribution in [3.63, 3.8) is 0 Å². The van der Waals surface area contributed by atoms with Gasteiger partial charge in [-0.1, -0.05) is 0 Å². The molecule has 1 aromatic rings. The lowest BCUT2D eigenvalue weighted by molar-refractivity contribution is 0.229. The molecule has 1 aliphatic carbocycles. The molecule has 1 aliphatic rings. The zero-order valence-electron chi connectivity index (χ0n) is 8.98. The number of anilines is 1. The minimum absolute atomic E-state index is 0.307. The fourth-order valence-electron chi connectivity index (χ4n) is 2.12. The Labute approximate surface area is 89.8 Å². The van der Waals surface area contributed by atoms with Crippen molar-refractivity contribution in [2.24, 2.45) is 5.92 Å². The predicted molar refractivity (Wildman–Crippen MR) is 58.6 cm³/mol. The van der Waals surface area contributed by atoms with Gasteiger partial charge in [-0.2, -0.15) is 0 Å². The first-order valence-corrected chi connectivity index (χ1v) is 5.45. The van der Waals surface area contributed by atoms with Crippen molar-refractivity contribution in [3.05, 3.63) is 18.1 Å². The van der Waals surface area contributed by atoms with E-state index in [9.17, 15) is 0 Å². The minimum atomic E-state index is 0.307. The van der Waals surface area contributed by atoms with E-state index in [1.807, 2.05) is 13.0 Å². The quantitative estimate of drug-likeness (QED) is 0.785. The van der Waals surface area contributed by atoms with E-state index in [2.05, 4.69) is 15.3 Å². The lowest BCUT2D eigenvalue weighted by Crippen LogP contribution is -2.17. The lowest BCUT2D eigenvalue weighted by atomic mass is 10.1. The van der Waals surface area contributed by atoms with Crippen LogP contribution in [0.15, 0.2) is 12.3 Å². The maximum atomic E-state index is 9.04. The molecule has 1 aromatic heterocycles. The summed E-state index contributed by atoms with van der Waals surface area (Å²) in [5.74, 6) is 2.15. The molecule has 2 atom stereocenters. The molecule has 0 radical (unpaired) electrons. The molecule has 1 saturated carbocycles. The van der Waals surface area contributed by atoms with Gasteiger partial charge in [-0.05, 0) is 38.2 Å². The van der Waals surface area contributed by atoms with E-state index in [0.29, 0.717) is 18.6 Å². The fraction of sp³-hybridized carbons (Fsp3) is 0.636. The van der Waals surface area contributed by atoms with Crippen LogP contribution in [0.25, 0.3) is 0 Å². The Kier molecular flexibility index (Phi) is 3.16. The van der Waals surface area contributed by atoms with E-state index < -0.39 is 0 Å². The summed E-state index contributed by atoms with van der Waals surface area (Å²) in [5, 5.41) is 12.4. The topological polar surface area (TPSA) is 58.0 Å². The number of nitrogens with zero attached hydrogens (tertiary/aromatic N) is 2. The molecule has 0 spiro atoms. The van der Waals surface area contributed by atoms with Crippen molar-refractivity contribution < 1.29 is 5.11 Å². The van der Waals surface area contributed by atoms with Gasteiger partial charge in [0.25, 0.3) is 0 Å². The first kappa shape index (κ1) is 10.4. The minimum Gasteiger partial charge on any atom is -0.396 e. The summed E-state index contributed by atoms with van der Waals surface area (Å²) in [6.07, 6.45) is 5.04. The number of hydrogen-bond donors (Lipinski definition) is 2. The standard InChI is InChI=1S/C11H17N3O/c1-8-12-5-4-11(13-8)14-10-3-2-9(6-10)7-15/h4-5,9-10,15H,2-3,6-7H2,1H3,(H,12,13,14)/t9?,10-/m0/s1. The molecule has 0 amide bonds. The highest BCUT2D eigenvalue weighted by atomic mass is 16.3. The maximum Gasteiger partial charge on any atom is 0.129 e. The molecule has 2 rings (SSSR count). The number of nitrogens with one attached hydrogen (secondary N) is 1. The van der Waals surface area contributed by atoms with E-state index in [1.54, 1.807) is 6.20 Å². The highest BCUT2D eigenvalue weighted by Crippen LogP contribution is 2.26. The molecule has 4 nitrogen and oxygen atoms in total. The van der Waals surface area contributed by atoms with E-state index in [-0.39, 0.29) is 0 Å². The predicted octanol–water partition coefficient (Wildman–Crippen LogP) is 1.36. The summed E-state index contributed by atoms with van der Waals surface area (Å²) in [7, 11) is 0. The molecule has 15 heavy (non-hydrogen) atoms. The Morgan fingerprint density at radius 2 is 2.40 bits per heavy atom. The second-order valence-corrected chi connectivity index (χ2v) is 4.19. The average Bonchev–Trinajstić information content (AvgIpc) is 2.65. The van der Waals surface area contributed by atoms with Gasteiger partial charge in [0.05, 0.1) is 0 Å². The number of aromatic nitrogens is 2.